The van der Waals surface area contributed by atoms with Gasteiger partial charge in [-0.05, 0) is 48.3 Å². The predicted molar refractivity (Wildman–Crippen MR) is 82.7 cm³/mol. The third kappa shape index (κ3) is 2.90. The Morgan fingerprint density at radius 2 is 2.05 bits per heavy atom. The summed E-state index contributed by atoms with van der Waals surface area (Å²) in [5, 5.41) is 6.04. The molecule has 1 aromatic heterocycles. The van der Waals surface area contributed by atoms with Crippen LogP contribution in [-0.2, 0) is 12.8 Å². The van der Waals surface area contributed by atoms with Gasteiger partial charge < -0.3 is 5.32 Å². The lowest BCUT2D eigenvalue weighted by Gasteiger charge is -2.29. The van der Waals surface area contributed by atoms with Crippen molar-refractivity contribution in [2.24, 2.45) is 0 Å². The van der Waals surface area contributed by atoms with E-state index in [9.17, 15) is 0 Å². The van der Waals surface area contributed by atoms with Gasteiger partial charge in [0.2, 0.25) is 0 Å². The number of nitrogens with one attached hydrogen (secondary N) is 1. The van der Waals surface area contributed by atoms with E-state index in [0.29, 0.717) is 12.1 Å². The minimum atomic E-state index is 0.523. The highest BCUT2D eigenvalue weighted by molar-refractivity contribution is 7.10. The second kappa shape index (κ2) is 5.89. The van der Waals surface area contributed by atoms with E-state index in [0.717, 1.165) is 0 Å². The van der Waals surface area contributed by atoms with Crippen LogP contribution in [0, 0.1) is 0 Å². The molecule has 2 unspecified atom stereocenters. The Labute approximate surface area is 119 Å². The van der Waals surface area contributed by atoms with E-state index >= 15 is 0 Å². The lowest BCUT2D eigenvalue weighted by atomic mass is 9.88. The summed E-state index contributed by atoms with van der Waals surface area (Å²) in [5.74, 6) is 0. The monoisotopic (exact) mass is 271 g/mol. The summed E-state index contributed by atoms with van der Waals surface area (Å²) in [6, 6.07) is 14.4. The van der Waals surface area contributed by atoms with E-state index in [-0.39, 0.29) is 0 Å². The minimum Gasteiger partial charge on any atom is -0.306 e. The molecule has 0 radical (unpaired) electrons. The Balaban J connectivity index is 1.68. The summed E-state index contributed by atoms with van der Waals surface area (Å²) in [7, 11) is 0. The molecule has 0 saturated heterocycles. The lowest BCUT2D eigenvalue weighted by Crippen LogP contribution is -2.36. The van der Waals surface area contributed by atoms with Crippen LogP contribution in [0.5, 0.6) is 0 Å². The Morgan fingerprint density at radius 1 is 1.21 bits per heavy atom. The number of fused-ring (bicyclic) bond motifs is 1. The minimum absolute atomic E-state index is 0.523. The van der Waals surface area contributed by atoms with Gasteiger partial charge in [-0.25, -0.2) is 0 Å². The largest absolute Gasteiger partial charge is 0.306 e. The third-order valence-electron chi connectivity index (χ3n) is 4.08. The summed E-state index contributed by atoms with van der Waals surface area (Å²) in [6.45, 7) is 2.27. The van der Waals surface area contributed by atoms with Gasteiger partial charge in [0.05, 0.1) is 0 Å². The Kier molecular flexibility index (Phi) is 4.00. The highest BCUT2D eigenvalue weighted by Crippen LogP contribution is 2.26. The molecule has 0 saturated carbocycles. The summed E-state index contributed by atoms with van der Waals surface area (Å²) < 4.78 is 0. The number of rotatable bonds is 4. The normalized spacial score (nSPS) is 19.9. The average Bonchev–Trinajstić information content (AvgIpc) is 2.98. The molecular formula is C17H21NS. The van der Waals surface area contributed by atoms with Crippen LogP contribution in [0.1, 0.15) is 41.8 Å². The van der Waals surface area contributed by atoms with Gasteiger partial charge in [-0.1, -0.05) is 37.3 Å². The molecular weight excluding hydrogens is 250 g/mol. The average molecular weight is 271 g/mol. The SMILES string of the molecule is CCC(NC1CCc2ccccc2C1)c1cccs1. The van der Waals surface area contributed by atoms with Crippen LogP contribution in [0.15, 0.2) is 41.8 Å². The fourth-order valence-electron chi connectivity index (χ4n) is 3.02. The summed E-state index contributed by atoms with van der Waals surface area (Å²) in [6.07, 6.45) is 4.82. The first-order valence-corrected chi connectivity index (χ1v) is 8.11. The van der Waals surface area contributed by atoms with Crippen LogP contribution in [0.25, 0.3) is 0 Å². The molecule has 0 fully saturated rings. The molecule has 1 N–H and O–H groups in total. The second-order valence-corrected chi connectivity index (χ2v) is 6.33. The van der Waals surface area contributed by atoms with Gasteiger partial charge in [-0.2, -0.15) is 0 Å². The zero-order valence-electron chi connectivity index (χ0n) is 11.4. The van der Waals surface area contributed by atoms with Crippen molar-refractivity contribution in [2.75, 3.05) is 0 Å². The Morgan fingerprint density at radius 3 is 2.79 bits per heavy atom. The molecule has 1 heterocycles. The van der Waals surface area contributed by atoms with Crippen molar-refractivity contribution in [3.63, 3.8) is 0 Å². The molecule has 1 aromatic carbocycles. The van der Waals surface area contributed by atoms with Crippen molar-refractivity contribution in [3.8, 4) is 0 Å². The summed E-state index contributed by atoms with van der Waals surface area (Å²) in [5.41, 5.74) is 3.08. The smallest absolute Gasteiger partial charge is 0.0414 e. The molecule has 19 heavy (non-hydrogen) atoms. The molecule has 2 atom stereocenters. The van der Waals surface area contributed by atoms with Crippen LogP contribution in [0.4, 0.5) is 0 Å². The quantitative estimate of drug-likeness (QED) is 0.872. The van der Waals surface area contributed by atoms with E-state index in [4.69, 9.17) is 0 Å². The maximum Gasteiger partial charge on any atom is 0.0414 e. The number of aryl methyl sites for hydroxylation is 1. The molecule has 0 amide bonds. The van der Waals surface area contributed by atoms with Gasteiger partial charge in [-0.3, -0.25) is 0 Å². The fourth-order valence-corrected chi connectivity index (χ4v) is 3.89. The molecule has 2 aromatic rings. The Hall–Kier alpha value is -1.12. The zero-order valence-corrected chi connectivity index (χ0v) is 12.2. The molecule has 0 bridgehead atoms. The fraction of sp³-hybridized carbons (Fsp3) is 0.412. The van der Waals surface area contributed by atoms with Gasteiger partial charge in [-0.15, -0.1) is 11.3 Å². The number of thiophene rings is 1. The van der Waals surface area contributed by atoms with Gasteiger partial charge >= 0.3 is 0 Å². The van der Waals surface area contributed by atoms with E-state index < -0.39 is 0 Å². The van der Waals surface area contributed by atoms with Gasteiger partial charge in [0, 0.05) is 17.0 Å². The van der Waals surface area contributed by atoms with Crippen molar-refractivity contribution in [1.29, 1.82) is 0 Å². The van der Waals surface area contributed by atoms with Gasteiger partial charge in [0.25, 0.3) is 0 Å². The first-order valence-electron chi connectivity index (χ1n) is 7.23. The van der Waals surface area contributed by atoms with Crippen molar-refractivity contribution < 1.29 is 0 Å². The van der Waals surface area contributed by atoms with Crippen LogP contribution in [0.3, 0.4) is 0 Å². The molecule has 0 spiro atoms. The van der Waals surface area contributed by atoms with Crippen molar-refractivity contribution in [3.05, 3.63) is 57.8 Å². The second-order valence-electron chi connectivity index (χ2n) is 5.35. The number of benzene rings is 1. The summed E-state index contributed by atoms with van der Waals surface area (Å²) in [4.78, 5) is 1.47. The zero-order chi connectivity index (χ0) is 13.1. The first kappa shape index (κ1) is 12.9. The highest BCUT2D eigenvalue weighted by atomic mass is 32.1. The maximum absolute atomic E-state index is 3.86. The van der Waals surface area contributed by atoms with Crippen LogP contribution >= 0.6 is 11.3 Å². The van der Waals surface area contributed by atoms with Crippen molar-refractivity contribution >= 4 is 11.3 Å². The van der Waals surface area contributed by atoms with Crippen LogP contribution in [0.2, 0.25) is 0 Å². The van der Waals surface area contributed by atoms with E-state index in [1.807, 2.05) is 11.3 Å². The molecule has 100 valence electrons. The molecule has 0 aliphatic heterocycles. The third-order valence-corrected chi connectivity index (χ3v) is 5.06. The van der Waals surface area contributed by atoms with Crippen molar-refractivity contribution in [2.45, 2.75) is 44.7 Å². The molecule has 1 aliphatic carbocycles. The first-order chi connectivity index (χ1) is 9.36. The van der Waals surface area contributed by atoms with Crippen LogP contribution in [-0.4, -0.2) is 6.04 Å². The molecule has 1 nitrogen and oxygen atoms in total. The van der Waals surface area contributed by atoms with Crippen molar-refractivity contribution in [1.82, 2.24) is 5.32 Å². The summed E-state index contributed by atoms with van der Waals surface area (Å²) >= 11 is 1.87. The van der Waals surface area contributed by atoms with Gasteiger partial charge in [0.15, 0.2) is 0 Å². The molecule has 3 rings (SSSR count). The van der Waals surface area contributed by atoms with Crippen LogP contribution < -0.4 is 5.32 Å². The van der Waals surface area contributed by atoms with Gasteiger partial charge in [0.1, 0.15) is 0 Å². The number of hydrogen-bond acceptors (Lipinski definition) is 2. The van der Waals surface area contributed by atoms with E-state index in [1.165, 1.54) is 36.1 Å². The van der Waals surface area contributed by atoms with E-state index in [1.54, 1.807) is 5.56 Å². The molecule has 1 aliphatic rings. The molecule has 2 heteroatoms. The topological polar surface area (TPSA) is 12.0 Å². The lowest BCUT2D eigenvalue weighted by molar-refractivity contribution is 0.395. The highest BCUT2D eigenvalue weighted by Gasteiger charge is 2.21. The Bertz CT molecular complexity index is 518. The predicted octanol–water partition coefficient (Wildman–Crippen LogP) is 4.35. The standard InChI is InChI=1S/C17H21NS/c1-2-16(17-8-5-11-19-17)18-15-10-9-13-6-3-4-7-14(13)12-15/h3-8,11,15-16,18H,2,9-10,12H2,1H3. The van der Waals surface area contributed by atoms with E-state index in [2.05, 4.69) is 54.0 Å². The number of hydrogen-bond donors (Lipinski definition) is 1. The maximum atomic E-state index is 3.86.